The van der Waals surface area contributed by atoms with E-state index >= 15 is 0 Å². The summed E-state index contributed by atoms with van der Waals surface area (Å²) in [6, 6.07) is 7.78. The molecule has 7 nitrogen and oxygen atoms in total. The monoisotopic (exact) mass is 375 g/mol. The van der Waals surface area contributed by atoms with Crippen LogP contribution in [0.4, 0.5) is 0 Å². The topological polar surface area (TPSA) is 74.4 Å². The third-order valence-electron chi connectivity index (χ3n) is 4.27. The van der Waals surface area contributed by atoms with Crippen molar-refractivity contribution in [1.29, 1.82) is 0 Å². The molecule has 0 N–H and O–H groups in total. The summed E-state index contributed by atoms with van der Waals surface area (Å²) in [5.74, 6) is 1.11. The molecule has 0 bridgehead atoms. The average molecular weight is 375 g/mol. The third-order valence-corrected chi connectivity index (χ3v) is 4.27. The summed E-state index contributed by atoms with van der Waals surface area (Å²) in [5, 5.41) is 4.33. The van der Waals surface area contributed by atoms with Crippen molar-refractivity contribution in [2.75, 3.05) is 6.61 Å². The standard InChI is InChI=1S/C21H21N5O2/c1-3-27-19-10-17(9-18-13-25-26-8-4-7-22-20(18)26)12-24-21(19)28-14-16-6-5-15(2)23-11-16/h4-8,10-13H,3,9,14H2,1-2H3. The largest absolute Gasteiger partial charge is 0.488 e. The van der Waals surface area contributed by atoms with Crippen LogP contribution in [0.2, 0.25) is 0 Å². The number of nitrogens with zero attached hydrogens (tertiary/aromatic N) is 5. The van der Waals surface area contributed by atoms with E-state index in [1.807, 2.05) is 56.7 Å². The first-order chi connectivity index (χ1) is 13.7. The molecule has 0 aromatic carbocycles. The van der Waals surface area contributed by atoms with Gasteiger partial charge in [0.15, 0.2) is 11.4 Å². The second kappa shape index (κ2) is 8.04. The first kappa shape index (κ1) is 17.9. The quantitative estimate of drug-likeness (QED) is 0.493. The number of rotatable bonds is 7. The van der Waals surface area contributed by atoms with Crippen LogP contribution in [0.15, 0.2) is 55.2 Å². The molecule has 4 rings (SSSR count). The Kier molecular flexibility index (Phi) is 5.14. The Morgan fingerprint density at radius 2 is 1.89 bits per heavy atom. The Balaban J connectivity index is 1.53. The minimum Gasteiger partial charge on any atom is -0.488 e. The lowest BCUT2D eigenvalue weighted by Crippen LogP contribution is -2.03. The molecule has 28 heavy (non-hydrogen) atoms. The Morgan fingerprint density at radius 1 is 1.00 bits per heavy atom. The highest BCUT2D eigenvalue weighted by molar-refractivity contribution is 5.49. The molecule has 4 aromatic heterocycles. The first-order valence-corrected chi connectivity index (χ1v) is 9.16. The molecule has 0 unspecified atom stereocenters. The highest BCUT2D eigenvalue weighted by atomic mass is 16.5. The molecule has 0 atom stereocenters. The molecular formula is C21H21N5O2. The van der Waals surface area contributed by atoms with Gasteiger partial charge in [0.05, 0.1) is 12.8 Å². The molecule has 0 saturated heterocycles. The molecular weight excluding hydrogens is 354 g/mol. The smallest absolute Gasteiger partial charge is 0.257 e. The molecule has 0 aliphatic heterocycles. The van der Waals surface area contributed by atoms with E-state index in [0.29, 0.717) is 31.3 Å². The maximum Gasteiger partial charge on any atom is 0.257 e. The van der Waals surface area contributed by atoms with Gasteiger partial charge in [0.25, 0.3) is 5.88 Å². The van der Waals surface area contributed by atoms with E-state index in [-0.39, 0.29) is 0 Å². The number of hydrogen-bond donors (Lipinski definition) is 0. The molecule has 7 heteroatoms. The maximum absolute atomic E-state index is 5.87. The fourth-order valence-corrected chi connectivity index (χ4v) is 2.89. The molecule has 0 aliphatic carbocycles. The predicted molar refractivity (Wildman–Crippen MR) is 105 cm³/mol. The summed E-state index contributed by atoms with van der Waals surface area (Å²) in [5.41, 5.74) is 4.84. The average Bonchev–Trinajstić information content (AvgIpc) is 3.12. The van der Waals surface area contributed by atoms with Gasteiger partial charge in [-0.2, -0.15) is 5.10 Å². The number of ether oxygens (including phenoxy) is 2. The lowest BCUT2D eigenvalue weighted by Gasteiger charge is -2.12. The van der Waals surface area contributed by atoms with E-state index in [2.05, 4.69) is 20.1 Å². The van der Waals surface area contributed by atoms with Gasteiger partial charge < -0.3 is 9.47 Å². The molecule has 0 aliphatic rings. The lowest BCUT2D eigenvalue weighted by molar-refractivity contribution is 0.258. The minimum atomic E-state index is 0.387. The Morgan fingerprint density at radius 3 is 2.71 bits per heavy atom. The van der Waals surface area contributed by atoms with Crippen molar-refractivity contribution >= 4 is 5.65 Å². The van der Waals surface area contributed by atoms with Crippen molar-refractivity contribution < 1.29 is 9.47 Å². The summed E-state index contributed by atoms with van der Waals surface area (Å²) in [6.07, 6.45) is 9.75. The number of fused-ring (bicyclic) bond motifs is 1. The van der Waals surface area contributed by atoms with Crippen molar-refractivity contribution in [3.63, 3.8) is 0 Å². The minimum absolute atomic E-state index is 0.387. The summed E-state index contributed by atoms with van der Waals surface area (Å²) < 4.78 is 13.4. The van der Waals surface area contributed by atoms with E-state index in [9.17, 15) is 0 Å². The van der Waals surface area contributed by atoms with Gasteiger partial charge in [-0.1, -0.05) is 6.07 Å². The first-order valence-electron chi connectivity index (χ1n) is 9.16. The number of hydrogen-bond acceptors (Lipinski definition) is 6. The highest BCUT2D eigenvalue weighted by Crippen LogP contribution is 2.27. The van der Waals surface area contributed by atoms with Crippen molar-refractivity contribution in [3.8, 4) is 11.6 Å². The maximum atomic E-state index is 5.87. The van der Waals surface area contributed by atoms with Crippen LogP contribution >= 0.6 is 0 Å². The number of aromatic nitrogens is 5. The lowest BCUT2D eigenvalue weighted by atomic mass is 10.1. The normalized spacial score (nSPS) is 10.9. The van der Waals surface area contributed by atoms with Crippen LogP contribution < -0.4 is 9.47 Å². The van der Waals surface area contributed by atoms with Gasteiger partial charge in [-0.05, 0) is 37.6 Å². The summed E-state index contributed by atoms with van der Waals surface area (Å²) in [4.78, 5) is 13.2. The van der Waals surface area contributed by atoms with Gasteiger partial charge in [-0.3, -0.25) is 4.98 Å². The van der Waals surface area contributed by atoms with Gasteiger partial charge in [0.2, 0.25) is 0 Å². The third kappa shape index (κ3) is 3.93. The van der Waals surface area contributed by atoms with Crippen LogP contribution in [0.5, 0.6) is 11.6 Å². The zero-order valence-corrected chi connectivity index (χ0v) is 15.9. The summed E-state index contributed by atoms with van der Waals surface area (Å²) >= 11 is 0. The molecule has 0 saturated carbocycles. The SMILES string of the molecule is CCOc1cc(Cc2cnn3cccnc23)cnc1OCc1ccc(C)nc1. The molecule has 0 spiro atoms. The zero-order valence-electron chi connectivity index (χ0n) is 15.9. The van der Waals surface area contributed by atoms with E-state index in [1.54, 1.807) is 16.9 Å². The van der Waals surface area contributed by atoms with Crippen LogP contribution in [0.3, 0.4) is 0 Å². The summed E-state index contributed by atoms with van der Waals surface area (Å²) in [7, 11) is 0. The molecule has 0 fully saturated rings. The van der Waals surface area contributed by atoms with Crippen LogP contribution in [0.25, 0.3) is 5.65 Å². The Hall–Kier alpha value is -3.48. The van der Waals surface area contributed by atoms with Gasteiger partial charge in [0.1, 0.15) is 6.61 Å². The van der Waals surface area contributed by atoms with Crippen LogP contribution in [0.1, 0.15) is 29.3 Å². The van der Waals surface area contributed by atoms with Gasteiger partial charge in [0, 0.05) is 48.0 Å². The highest BCUT2D eigenvalue weighted by Gasteiger charge is 2.12. The molecule has 142 valence electrons. The molecule has 0 amide bonds. The zero-order chi connectivity index (χ0) is 19.3. The van der Waals surface area contributed by atoms with E-state index < -0.39 is 0 Å². The fourth-order valence-electron chi connectivity index (χ4n) is 2.89. The molecule has 0 radical (unpaired) electrons. The van der Waals surface area contributed by atoms with Crippen LogP contribution in [-0.4, -0.2) is 31.2 Å². The van der Waals surface area contributed by atoms with E-state index in [4.69, 9.17) is 9.47 Å². The predicted octanol–water partition coefficient (Wildman–Crippen LogP) is 3.40. The number of aryl methyl sites for hydroxylation is 1. The van der Waals surface area contributed by atoms with Gasteiger partial charge >= 0.3 is 0 Å². The van der Waals surface area contributed by atoms with Crippen molar-refractivity contribution in [1.82, 2.24) is 24.6 Å². The van der Waals surface area contributed by atoms with E-state index in [1.165, 1.54) is 0 Å². The van der Waals surface area contributed by atoms with E-state index in [0.717, 1.165) is 28.0 Å². The number of pyridine rings is 2. The fraction of sp³-hybridized carbons (Fsp3) is 0.238. The Bertz CT molecular complexity index is 1080. The van der Waals surface area contributed by atoms with Gasteiger partial charge in [-0.25, -0.2) is 14.5 Å². The molecule has 4 aromatic rings. The second-order valence-electron chi connectivity index (χ2n) is 6.41. The van der Waals surface area contributed by atoms with Crippen molar-refractivity contribution in [2.45, 2.75) is 26.9 Å². The summed E-state index contributed by atoms with van der Waals surface area (Å²) in [6.45, 7) is 4.82. The van der Waals surface area contributed by atoms with Crippen molar-refractivity contribution in [2.24, 2.45) is 0 Å². The molecule has 4 heterocycles. The Labute approximate surface area is 163 Å². The van der Waals surface area contributed by atoms with Crippen LogP contribution in [0, 0.1) is 6.92 Å². The second-order valence-corrected chi connectivity index (χ2v) is 6.41. The van der Waals surface area contributed by atoms with Gasteiger partial charge in [-0.15, -0.1) is 0 Å². The van der Waals surface area contributed by atoms with Crippen LogP contribution in [-0.2, 0) is 13.0 Å². The van der Waals surface area contributed by atoms with Crippen molar-refractivity contribution in [3.05, 3.63) is 77.6 Å².